The van der Waals surface area contributed by atoms with Gasteiger partial charge in [0.1, 0.15) is 4.90 Å². The first-order valence-electron chi connectivity index (χ1n) is 4.33. The van der Waals surface area contributed by atoms with Crippen LogP contribution in [0.15, 0.2) is 17.0 Å². The van der Waals surface area contributed by atoms with Crippen molar-refractivity contribution in [2.45, 2.75) is 11.3 Å². The van der Waals surface area contributed by atoms with Gasteiger partial charge in [0.05, 0.1) is 24.6 Å². The smallest absolute Gasteiger partial charge is 0.179 e. The molecule has 0 atom stereocenters. The highest BCUT2D eigenvalue weighted by Crippen LogP contribution is 2.33. The van der Waals surface area contributed by atoms with E-state index in [1.165, 1.54) is 19.2 Å². The molecule has 0 unspecified atom stereocenters. The minimum atomic E-state index is -3.43. The number of nitriles is 1. The molecule has 0 bridgehead atoms. The van der Waals surface area contributed by atoms with Gasteiger partial charge in [-0.2, -0.15) is 5.26 Å². The Bertz CT molecular complexity index is 546. The summed E-state index contributed by atoms with van der Waals surface area (Å²) in [5.41, 5.74) is 0.550. The molecule has 0 saturated heterocycles. The molecule has 0 aromatic heterocycles. The number of hydrogen-bond acceptors (Lipinski definition) is 4. The zero-order valence-electron chi connectivity index (χ0n) is 8.82. The van der Waals surface area contributed by atoms with E-state index in [4.69, 9.17) is 21.6 Å². The molecule has 0 saturated carbocycles. The van der Waals surface area contributed by atoms with Gasteiger partial charge in [-0.15, -0.1) is 0 Å². The van der Waals surface area contributed by atoms with Gasteiger partial charge in [-0.25, -0.2) is 8.42 Å². The molecular weight excluding hydrogens is 250 g/mol. The van der Waals surface area contributed by atoms with Gasteiger partial charge in [-0.3, -0.25) is 0 Å². The second kappa shape index (κ2) is 4.73. The fraction of sp³-hybridized carbons (Fsp3) is 0.300. The summed E-state index contributed by atoms with van der Waals surface area (Å²) in [6.07, 6.45) is 1.17. The summed E-state index contributed by atoms with van der Waals surface area (Å²) in [6, 6.07) is 4.87. The van der Waals surface area contributed by atoms with Gasteiger partial charge in [-0.05, 0) is 17.7 Å². The molecular formula is C10H10ClNO3S. The van der Waals surface area contributed by atoms with E-state index in [2.05, 4.69) is 0 Å². The Morgan fingerprint density at radius 1 is 1.50 bits per heavy atom. The lowest BCUT2D eigenvalue weighted by molar-refractivity contribution is 0.403. The van der Waals surface area contributed by atoms with Crippen molar-refractivity contribution >= 4 is 21.4 Å². The molecule has 0 aliphatic rings. The predicted molar refractivity (Wildman–Crippen MR) is 60.4 cm³/mol. The van der Waals surface area contributed by atoms with E-state index in [1.807, 2.05) is 6.07 Å². The Kier molecular flexibility index (Phi) is 3.79. The third-order valence-corrected chi connectivity index (χ3v) is 3.34. The van der Waals surface area contributed by atoms with E-state index in [9.17, 15) is 8.42 Å². The molecule has 0 aliphatic heterocycles. The van der Waals surface area contributed by atoms with Crippen molar-refractivity contribution in [3.05, 3.63) is 22.7 Å². The van der Waals surface area contributed by atoms with Crippen molar-refractivity contribution in [3.63, 3.8) is 0 Å². The minimum Gasteiger partial charge on any atom is -0.494 e. The van der Waals surface area contributed by atoms with Gasteiger partial charge in [-0.1, -0.05) is 11.6 Å². The van der Waals surface area contributed by atoms with Crippen molar-refractivity contribution in [2.24, 2.45) is 0 Å². The van der Waals surface area contributed by atoms with Crippen LogP contribution in [0.5, 0.6) is 5.75 Å². The Hall–Kier alpha value is -1.25. The minimum absolute atomic E-state index is 0.00718. The van der Waals surface area contributed by atoms with Gasteiger partial charge in [0, 0.05) is 6.26 Å². The zero-order chi connectivity index (χ0) is 12.3. The van der Waals surface area contributed by atoms with E-state index >= 15 is 0 Å². The summed E-state index contributed by atoms with van der Waals surface area (Å²) in [5, 5.41) is 8.75. The Morgan fingerprint density at radius 2 is 2.12 bits per heavy atom. The number of halogens is 1. The van der Waals surface area contributed by atoms with Crippen LogP contribution >= 0.6 is 11.6 Å². The molecule has 1 aromatic carbocycles. The fourth-order valence-corrected chi connectivity index (χ4v) is 2.56. The molecule has 86 valence electrons. The van der Waals surface area contributed by atoms with Gasteiger partial charge in [0.15, 0.2) is 15.6 Å². The van der Waals surface area contributed by atoms with Crippen LogP contribution in [0.4, 0.5) is 0 Å². The second-order valence-electron chi connectivity index (χ2n) is 3.22. The van der Waals surface area contributed by atoms with Crippen LogP contribution in [0.3, 0.4) is 0 Å². The van der Waals surface area contributed by atoms with E-state index in [0.29, 0.717) is 5.56 Å². The molecule has 0 N–H and O–H groups in total. The normalized spacial score (nSPS) is 10.9. The lowest BCUT2D eigenvalue weighted by Gasteiger charge is -2.10. The zero-order valence-corrected chi connectivity index (χ0v) is 10.4. The van der Waals surface area contributed by atoms with Crippen molar-refractivity contribution < 1.29 is 13.2 Å². The molecule has 0 aliphatic carbocycles. The van der Waals surface area contributed by atoms with E-state index in [0.717, 1.165) is 6.26 Å². The number of rotatable bonds is 3. The van der Waals surface area contributed by atoms with Crippen molar-refractivity contribution in [3.8, 4) is 11.8 Å². The number of hydrogen-bond donors (Lipinski definition) is 0. The predicted octanol–water partition coefficient (Wildman–Crippen LogP) is 1.82. The average molecular weight is 260 g/mol. The monoisotopic (exact) mass is 259 g/mol. The molecule has 16 heavy (non-hydrogen) atoms. The fourth-order valence-electron chi connectivity index (χ4n) is 1.29. The summed E-state index contributed by atoms with van der Waals surface area (Å²) >= 11 is 5.88. The number of nitrogens with zero attached hydrogens (tertiary/aromatic N) is 1. The number of benzene rings is 1. The largest absolute Gasteiger partial charge is 0.494 e. The quantitative estimate of drug-likeness (QED) is 0.830. The lowest BCUT2D eigenvalue weighted by Crippen LogP contribution is -2.02. The number of ether oxygens (including phenoxy) is 1. The summed E-state index contributed by atoms with van der Waals surface area (Å²) in [7, 11) is -2.08. The van der Waals surface area contributed by atoms with Crippen LogP contribution in [-0.2, 0) is 16.3 Å². The van der Waals surface area contributed by atoms with Crippen LogP contribution in [0, 0.1) is 11.3 Å². The highest BCUT2D eigenvalue weighted by molar-refractivity contribution is 7.90. The van der Waals surface area contributed by atoms with E-state index < -0.39 is 9.84 Å². The maximum Gasteiger partial charge on any atom is 0.179 e. The first-order valence-corrected chi connectivity index (χ1v) is 6.60. The number of methoxy groups -OCH3 is 1. The van der Waals surface area contributed by atoms with Crippen LogP contribution in [-0.4, -0.2) is 21.8 Å². The third-order valence-electron chi connectivity index (χ3n) is 1.96. The average Bonchev–Trinajstić information content (AvgIpc) is 2.16. The highest BCUT2D eigenvalue weighted by Gasteiger charge is 2.18. The summed E-state index contributed by atoms with van der Waals surface area (Å²) < 4.78 is 27.9. The summed E-state index contributed by atoms with van der Waals surface area (Å²) in [6.45, 7) is 0. The van der Waals surface area contributed by atoms with Crippen molar-refractivity contribution in [2.75, 3.05) is 13.4 Å². The molecule has 0 heterocycles. The van der Waals surface area contributed by atoms with Crippen LogP contribution < -0.4 is 4.74 Å². The molecule has 1 aromatic rings. The molecule has 6 heteroatoms. The van der Waals surface area contributed by atoms with Crippen LogP contribution in [0.1, 0.15) is 5.56 Å². The van der Waals surface area contributed by atoms with Gasteiger partial charge >= 0.3 is 0 Å². The first kappa shape index (κ1) is 12.8. The summed E-state index contributed by atoms with van der Waals surface area (Å²) in [4.78, 5) is 0.00718. The van der Waals surface area contributed by atoms with E-state index in [-0.39, 0.29) is 22.1 Å². The highest BCUT2D eigenvalue weighted by atomic mass is 35.5. The van der Waals surface area contributed by atoms with Crippen LogP contribution in [0.25, 0.3) is 0 Å². The van der Waals surface area contributed by atoms with Crippen molar-refractivity contribution in [1.82, 2.24) is 0 Å². The Balaban J connectivity index is 3.51. The van der Waals surface area contributed by atoms with Gasteiger partial charge < -0.3 is 4.74 Å². The SMILES string of the molecule is COc1c(Cl)cc(CC#N)cc1S(C)(=O)=O. The molecule has 0 fully saturated rings. The van der Waals surface area contributed by atoms with Crippen LogP contribution in [0.2, 0.25) is 5.02 Å². The van der Waals surface area contributed by atoms with Crippen molar-refractivity contribution in [1.29, 1.82) is 5.26 Å². The maximum absolute atomic E-state index is 11.5. The third kappa shape index (κ3) is 2.65. The Morgan fingerprint density at radius 3 is 2.56 bits per heavy atom. The molecule has 0 radical (unpaired) electrons. The number of sulfone groups is 1. The summed E-state index contributed by atoms with van der Waals surface area (Å²) in [5.74, 6) is 0.117. The Labute approximate surface area is 99.3 Å². The van der Waals surface area contributed by atoms with Gasteiger partial charge in [0.2, 0.25) is 0 Å². The first-order chi connectivity index (χ1) is 7.40. The van der Waals surface area contributed by atoms with Gasteiger partial charge in [0.25, 0.3) is 0 Å². The second-order valence-corrected chi connectivity index (χ2v) is 5.61. The molecule has 0 spiro atoms. The lowest BCUT2D eigenvalue weighted by atomic mass is 10.1. The molecule has 1 rings (SSSR count). The van der Waals surface area contributed by atoms with E-state index in [1.54, 1.807) is 0 Å². The maximum atomic E-state index is 11.5. The molecule has 0 amide bonds. The standard InChI is InChI=1S/C10H10ClNO3S/c1-15-10-8(11)5-7(3-4-12)6-9(10)16(2,13)14/h5-6H,3H2,1-2H3. The molecule has 4 nitrogen and oxygen atoms in total. The topological polar surface area (TPSA) is 67.2 Å².